The Kier molecular flexibility index (Phi) is 12.9. The summed E-state index contributed by atoms with van der Waals surface area (Å²) in [6.07, 6.45) is 3.19. The minimum absolute atomic E-state index is 0. The average molecular weight is 569 g/mol. The number of hydrogen-bond acceptors (Lipinski definition) is 5. The fraction of sp³-hybridized carbons (Fsp3) is 0.667. The normalized spacial score (nSPS) is 15.8. The van der Waals surface area contributed by atoms with E-state index >= 15 is 0 Å². The molecule has 8 nitrogen and oxygen atoms in total. The summed E-state index contributed by atoms with van der Waals surface area (Å²) in [6, 6.07) is 6.92. The van der Waals surface area contributed by atoms with Gasteiger partial charge in [0, 0.05) is 54.1 Å². The van der Waals surface area contributed by atoms with Gasteiger partial charge in [0.1, 0.15) is 0 Å². The van der Waals surface area contributed by atoms with Crippen molar-refractivity contribution in [2.45, 2.75) is 43.7 Å². The molecule has 1 saturated heterocycles. The number of aliphatic imine (C=N–C) groups is 1. The lowest BCUT2D eigenvalue weighted by atomic mass is 10.1. The lowest BCUT2D eigenvalue weighted by Gasteiger charge is -2.34. The number of nitrogens with zero attached hydrogens (tertiary/aromatic N) is 3. The number of sulfonamides is 1. The number of benzene rings is 1. The number of nitrogens with one attached hydrogen (secondary N) is 1. The number of rotatable bonds is 10. The summed E-state index contributed by atoms with van der Waals surface area (Å²) >= 11 is 0. The van der Waals surface area contributed by atoms with Gasteiger partial charge in [-0.25, -0.2) is 17.7 Å². The third-order valence-electron chi connectivity index (χ3n) is 5.04. The van der Waals surface area contributed by atoms with Gasteiger partial charge in [-0.05, 0) is 43.9 Å². The number of ether oxygens (including phenoxy) is 2. The summed E-state index contributed by atoms with van der Waals surface area (Å²) in [5.41, 5.74) is 0.972. The predicted molar refractivity (Wildman–Crippen MR) is 135 cm³/mol. The standard InChI is InChI=1S/C21H36N4O4S.HI/c1-5-22-21(25-13-11-19(12-14-25)29-16-6-15-28-4)23-17-18-7-9-20(10-8-18)30(26,27)24(2)3;/h7-10,19H,5-6,11-17H2,1-4H3,(H,22,23);1H. The van der Waals surface area contributed by atoms with Crippen LogP contribution in [0.1, 0.15) is 31.7 Å². The van der Waals surface area contributed by atoms with Crippen LogP contribution in [0.15, 0.2) is 34.2 Å². The molecule has 0 atom stereocenters. The molecule has 1 aromatic carbocycles. The Bertz CT molecular complexity index is 764. The van der Waals surface area contributed by atoms with Crippen molar-refractivity contribution in [2.24, 2.45) is 4.99 Å². The van der Waals surface area contributed by atoms with Gasteiger partial charge >= 0.3 is 0 Å². The van der Waals surface area contributed by atoms with Gasteiger partial charge in [0.15, 0.2) is 5.96 Å². The smallest absolute Gasteiger partial charge is 0.242 e. The molecule has 0 saturated carbocycles. The summed E-state index contributed by atoms with van der Waals surface area (Å²) in [4.78, 5) is 7.32. The maximum Gasteiger partial charge on any atom is 0.242 e. The summed E-state index contributed by atoms with van der Waals surface area (Å²) in [6.45, 7) is 6.64. The SMILES string of the molecule is CCNC(=NCc1ccc(S(=O)(=O)N(C)C)cc1)N1CCC(OCCCOC)CC1.I. The molecule has 31 heavy (non-hydrogen) atoms. The van der Waals surface area contributed by atoms with Crippen LogP contribution in [-0.2, 0) is 26.0 Å². The number of likely N-dealkylation sites (tertiary alicyclic amines) is 1. The highest BCUT2D eigenvalue weighted by Crippen LogP contribution is 2.16. The highest BCUT2D eigenvalue weighted by Gasteiger charge is 2.22. The van der Waals surface area contributed by atoms with Crippen LogP contribution in [-0.4, -0.2) is 83.7 Å². The van der Waals surface area contributed by atoms with Crippen LogP contribution < -0.4 is 5.32 Å². The monoisotopic (exact) mass is 568 g/mol. The topological polar surface area (TPSA) is 83.5 Å². The lowest BCUT2D eigenvalue weighted by molar-refractivity contribution is 0.00990. The summed E-state index contributed by atoms with van der Waals surface area (Å²) in [7, 11) is 1.36. The van der Waals surface area contributed by atoms with Gasteiger partial charge in [0.05, 0.1) is 17.5 Å². The van der Waals surface area contributed by atoms with Gasteiger partial charge in [-0.2, -0.15) is 0 Å². The molecule has 10 heteroatoms. The molecule has 1 heterocycles. The number of methoxy groups -OCH3 is 1. The van der Waals surface area contributed by atoms with Gasteiger partial charge in [-0.15, -0.1) is 24.0 Å². The fourth-order valence-corrected chi connectivity index (χ4v) is 4.16. The second-order valence-electron chi connectivity index (χ2n) is 7.51. The van der Waals surface area contributed by atoms with Gasteiger partial charge in [0.25, 0.3) is 0 Å². The third kappa shape index (κ3) is 8.83. The molecule has 0 aromatic heterocycles. The molecule has 0 spiro atoms. The van der Waals surface area contributed by atoms with Gasteiger partial charge in [0.2, 0.25) is 10.0 Å². The van der Waals surface area contributed by atoms with E-state index in [-0.39, 0.29) is 24.0 Å². The Morgan fingerprint density at radius 3 is 2.39 bits per heavy atom. The number of hydrogen-bond donors (Lipinski definition) is 1. The Labute approximate surface area is 204 Å². The van der Waals surface area contributed by atoms with E-state index in [1.54, 1.807) is 19.2 Å². The van der Waals surface area contributed by atoms with E-state index in [2.05, 4.69) is 17.1 Å². The van der Waals surface area contributed by atoms with E-state index in [9.17, 15) is 8.42 Å². The highest BCUT2D eigenvalue weighted by molar-refractivity contribution is 14.0. The summed E-state index contributed by atoms with van der Waals surface area (Å²) < 4.78 is 36.6. The average Bonchev–Trinajstić information content (AvgIpc) is 2.75. The zero-order valence-electron chi connectivity index (χ0n) is 19.0. The van der Waals surface area contributed by atoms with E-state index in [4.69, 9.17) is 14.5 Å². The number of piperidine rings is 1. The number of guanidine groups is 1. The van der Waals surface area contributed by atoms with E-state index in [1.165, 1.54) is 18.4 Å². The molecule has 2 rings (SSSR count). The maximum absolute atomic E-state index is 12.2. The highest BCUT2D eigenvalue weighted by atomic mass is 127. The van der Waals surface area contributed by atoms with Crippen LogP contribution in [0.2, 0.25) is 0 Å². The van der Waals surface area contributed by atoms with Crippen LogP contribution in [0.25, 0.3) is 0 Å². The molecule has 0 unspecified atom stereocenters. The van der Waals surface area contributed by atoms with Gasteiger partial charge < -0.3 is 19.7 Å². The molecule has 178 valence electrons. The molecule has 0 radical (unpaired) electrons. The largest absolute Gasteiger partial charge is 0.385 e. The first-order valence-corrected chi connectivity index (χ1v) is 12.0. The zero-order valence-corrected chi connectivity index (χ0v) is 22.2. The molecule has 0 amide bonds. The van der Waals surface area contributed by atoms with Crippen LogP contribution in [0.4, 0.5) is 0 Å². The minimum atomic E-state index is -3.41. The van der Waals surface area contributed by atoms with Crippen molar-refractivity contribution in [3.05, 3.63) is 29.8 Å². The van der Waals surface area contributed by atoms with E-state index < -0.39 is 10.0 Å². The molecule has 1 aliphatic heterocycles. The van der Waals surface area contributed by atoms with E-state index in [0.717, 1.165) is 63.6 Å². The van der Waals surface area contributed by atoms with Crippen molar-refractivity contribution in [3.63, 3.8) is 0 Å². The van der Waals surface area contributed by atoms with Crippen LogP contribution >= 0.6 is 24.0 Å². The third-order valence-corrected chi connectivity index (χ3v) is 6.87. The summed E-state index contributed by atoms with van der Waals surface area (Å²) in [5, 5.41) is 3.36. The van der Waals surface area contributed by atoms with Crippen molar-refractivity contribution in [3.8, 4) is 0 Å². The van der Waals surface area contributed by atoms with Crippen molar-refractivity contribution in [1.29, 1.82) is 0 Å². The van der Waals surface area contributed by atoms with Crippen molar-refractivity contribution >= 4 is 40.0 Å². The minimum Gasteiger partial charge on any atom is -0.385 e. The summed E-state index contributed by atoms with van der Waals surface area (Å²) in [5.74, 6) is 0.889. The molecule has 1 fully saturated rings. The Morgan fingerprint density at radius 2 is 1.84 bits per heavy atom. The first kappa shape index (κ1) is 28.1. The predicted octanol–water partition coefficient (Wildman–Crippen LogP) is 2.54. The molecule has 1 aromatic rings. The van der Waals surface area contributed by atoms with Crippen LogP contribution in [0.5, 0.6) is 0 Å². The maximum atomic E-state index is 12.2. The van der Waals surface area contributed by atoms with Gasteiger partial charge in [-0.3, -0.25) is 0 Å². The van der Waals surface area contributed by atoms with Crippen LogP contribution in [0.3, 0.4) is 0 Å². The molecular weight excluding hydrogens is 531 g/mol. The first-order chi connectivity index (χ1) is 14.4. The molecule has 1 N–H and O–H groups in total. The van der Waals surface area contributed by atoms with Crippen LogP contribution in [0, 0.1) is 0 Å². The van der Waals surface area contributed by atoms with Crippen molar-refractivity contribution in [2.75, 3.05) is 54.1 Å². The fourth-order valence-electron chi connectivity index (χ4n) is 3.26. The second-order valence-corrected chi connectivity index (χ2v) is 9.66. The zero-order chi connectivity index (χ0) is 22.0. The quantitative estimate of drug-likeness (QED) is 0.202. The number of halogens is 1. The van der Waals surface area contributed by atoms with E-state index in [1.807, 2.05) is 12.1 Å². The molecule has 1 aliphatic rings. The Balaban J connectivity index is 0.00000480. The van der Waals surface area contributed by atoms with Crippen molar-refractivity contribution < 1.29 is 17.9 Å². The van der Waals surface area contributed by atoms with E-state index in [0.29, 0.717) is 17.5 Å². The second kappa shape index (κ2) is 14.2. The molecular formula is C21H37IN4O4S. The van der Waals surface area contributed by atoms with Crippen molar-refractivity contribution in [1.82, 2.24) is 14.5 Å². The molecule has 0 aliphatic carbocycles. The first-order valence-electron chi connectivity index (χ1n) is 10.5. The Hall–Kier alpha value is -0.950. The molecule has 0 bridgehead atoms. The lowest BCUT2D eigenvalue weighted by Crippen LogP contribution is -2.47. The Morgan fingerprint density at radius 1 is 1.19 bits per heavy atom. The van der Waals surface area contributed by atoms with Gasteiger partial charge in [-0.1, -0.05) is 12.1 Å².